The average molecular weight is 421 g/mol. The highest BCUT2D eigenvalue weighted by molar-refractivity contribution is 6.31. The third-order valence-corrected chi connectivity index (χ3v) is 4.87. The summed E-state index contributed by atoms with van der Waals surface area (Å²) in [5, 5.41) is 3.24. The molecule has 0 saturated carbocycles. The normalized spacial score (nSPS) is 10.6. The molecule has 1 aromatic carbocycles. The van der Waals surface area contributed by atoms with Crippen molar-refractivity contribution >= 4 is 35.1 Å². The van der Waals surface area contributed by atoms with Crippen LogP contribution in [0.2, 0.25) is 5.02 Å². The van der Waals surface area contributed by atoms with Gasteiger partial charge in [0.15, 0.2) is 6.61 Å². The largest absolute Gasteiger partial charge is 0.465 e. The summed E-state index contributed by atoms with van der Waals surface area (Å²) in [5.74, 6) is -0.381. The van der Waals surface area contributed by atoms with Gasteiger partial charge in [-0.05, 0) is 52.3 Å². The van der Waals surface area contributed by atoms with Crippen molar-refractivity contribution in [3.63, 3.8) is 0 Å². The summed E-state index contributed by atoms with van der Waals surface area (Å²) < 4.78 is 10.6. The predicted molar refractivity (Wildman–Crippen MR) is 110 cm³/mol. The minimum atomic E-state index is -0.625. The van der Waals surface area contributed by atoms with Gasteiger partial charge >= 0.3 is 5.97 Å². The van der Waals surface area contributed by atoms with Crippen LogP contribution in [0.25, 0.3) is 0 Å². The number of likely N-dealkylation sites (N-methyl/N-ethyl adjacent to an activating group) is 1. The van der Waals surface area contributed by atoms with Crippen molar-refractivity contribution in [2.75, 3.05) is 25.0 Å². The third kappa shape index (κ3) is 5.60. The average Bonchev–Trinajstić information content (AvgIpc) is 2.92. The Bertz CT molecular complexity index is 935. The molecule has 0 aliphatic rings. The molecule has 0 bridgehead atoms. The fraction of sp³-hybridized carbons (Fsp3) is 0.381. The molecule has 0 fully saturated rings. The van der Waals surface area contributed by atoms with E-state index in [-0.39, 0.29) is 12.5 Å². The summed E-state index contributed by atoms with van der Waals surface area (Å²) in [6.45, 7) is 8.43. The molecule has 2 aromatic rings. The molecule has 7 nitrogen and oxygen atoms in total. The summed E-state index contributed by atoms with van der Waals surface area (Å²) in [5.41, 5.74) is 2.45. The van der Waals surface area contributed by atoms with Crippen molar-refractivity contribution < 1.29 is 23.5 Å². The van der Waals surface area contributed by atoms with Crippen molar-refractivity contribution in [2.24, 2.45) is 0 Å². The minimum absolute atomic E-state index is 0.165. The maximum Gasteiger partial charge on any atom is 0.342 e. The quantitative estimate of drug-likeness (QED) is 0.688. The van der Waals surface area contributed by atoms with Gasteiger partial charge in [-0.15, -0.1) is 0 Å². The van der Waals surface area contributed by atoms with Crippen molar-refractivity contribution in [1.29, 1.82) is 0 Å². The number of amides is 2. The first-order valence-electron chi connectivity index (χ1n) is 9.21. The van der Waals surface area contributed by atoms with E-state index >= 15 is 0 Å². The second-order valence-corrected chi connectivity index (χ2v) is 7.14. The second kappa shape index (κ2) is 9.60. The van der Waals surface area contributed by atoms with Gasteiger partial charge in [0.2, 0.25) is 5.91 Å². The Morgan fingerprint density at radius 2 is 1.83 bits per heavy atom. The van der Waals surface area contributed by atoms with Crippen LogP contribution in [0.1, 0.15) is 39.9 Å². The van der Waals surface area contributed by atoms with Crippen molar-refractivity contribution in [2.45, 2.75) is 34.6 Å². The lowest BCUT2D eigenvalue weighted by Crippen LogP contribution is -2.40. The van der Waals surface area contributed by atoms with Gasteiger partial charge in [0, 0.05) is 22.8 Å². The van der Waals surface area contributed by atoms with Gasteiger partial charge in [-0.3, -0.25) is 9.59 Å². The number of nitrogens with zero attached hydrogens (tertiary/aromatic N) is 1. The number of ether oxygens (including phenoxy) is 1. The molecule has 0 aliphatic carbocycles. The molecule has 1 aromatic heterocycles. The zero-order valence-electron chi connectivity index (χ0n) is 17.2. The van der Waals surface area contributed by atoms with Crippen LogP contribution in [0.4, 0.5) is 5.69 Å². The van der Waals surface area contributed by atoms with Gasteiger partial charge < -0.3 is 19.4 Å². The number of carbonyl (C=O) groups is 3. The summed E-state index contributed by atoms with van der Waals surface area (Å²) in [6.07, 6.45) is 0. The Labute approximate surface area is 175 Å². The van der Waals surface area contributed by atoms with E-state index in [0.717, 1.165) is 5.56 Å². The molecule has 2 rings (SSSR count). The van der Waals surface area contributed by atoms with Crippen molar-refractivity contribution in [3.05, 3.63) is 51.4 Å². The van der Waals surface area contributed by atoms with E-state index in [1.807, 2.05) is 6.92 Å². The van der Waals surface area contributed by atoms with Crippen LogP contribution in [0.5, 0.6) is 0 Å². The van der Waals surface area contributed by atoms with E-state index in [1.165, 1.54) is 4.90 Å². The highest BCUT2D eigenvalue weighted by Gasteiger charge is 2.23. The number of hydrogen-bond donors (Lipinski definition) is 1. The van der Waals surface area contributed by atoms with Crippen LogP contribution in [0, 0.1) is 27.7 Å². The highest BCUT2D eigenvalue weighted by atomic mass is 35.5. The van der Waals surface area contributed by atoms with E-state index in [9.17, 15) is 14.4 Å². The number of halogens is 1. The number of nitrogens with one attached hydrogen (secondary N) is 1. The van der Waals surface area contributed by atoms with Crippen molar-refractivity contribution in [3.8, 4) is 0 Å². The summed E-state index contributed by atoms with van der Waals surface area (Å²) >= 11 is 5.96. The number of furan rings is 1. The minimum Gasteiger partial charge on any atom is -0.465 e. The molecule has 1 N–H and O–H groups in total. The van der Waals surface area contributed by atoms with E-state index < -0.39 is 18.5 Å². The van der Waals surface area contributed by atoms with E-state index in [1.54, 1.807) is 45.9 Å². The number of benzene rings is 1. The summed E-state index contributed by atoms with van der Waals surface area (Å²) in [4.78, 5) is 38.4. The number of hydrogen-bond acceptors (Lipinski definition) is 5. The summed E-state index contributed by atoms with van der Waals surface area (Å²) in [7, 11) is 0. The topological polar surface area (TPSA) is 88.9 Å². The molecule has 8 heteroatoms. The fourth-order valence-corrected chi connectivity index (χ4v) is 3.03. The van der Waals surface area contributed by atoms with Crippen LogP contribution in [-0.2, 0) is 14.3 Å². The first-order valence-corrected chi connectivity index (χ1v) is 9.59. The molecule has 0 unspecified atom stereocenters. The summed E-state index contributed by atoms with van der Waals surface area (Å²) in [6, 6.07) is 5.17. The molecule has 0 radical (unpaired) electrons. The number of carbonyl (C=O) groups excluding carboxylic acids is 3. The monoisotopic (exact) mass is 420 g/mol. The Morgan fingerprint density at radius 1 is 1.14 bits per heavy atom. The molecule has 156 valence electrons. The molecule has 0 spiro atoms. The first kappa shape index (κ1) is 22.5. The lowest BCUT2D eigenvalue weighted by atomic mass is 10.1. The zero-order chi connectivity index (χ0) is 21.7. The van der Waals surface area contributed by atoms with E-state index in [4.69, 9.17) is 20.8 Å². The van der Waals surface area contributed by atoms with Gasteiger partial charge in [-0.25, -0.2) is 4.79 Å². The fourth-order valence-electron chi connectivity index (χ4n) is 2.85. The maximum atomic E-state index is 12.4. The Balaban J connectivity index is 1.95. The highest BCUT2D eigenvalue weighted by Crippen LogP contribution is 2.22. The SMILES string of the molecule is CCN(CC(=O)Nc1cc(Cl)ccc1C)C(=O)COC(=O)c1c(C)oc(C)c1C. The Morgan fingerprint density at radius 3 is 2.41 bits per heavy atom. The number of aryl methyl sites for hydroxylation is 3. The molecule has 0 aliphatic heterocycles. The molecule has 1 heterocycles. The molecular formula is C21H25ClN2O5. The van der Waals surface area contributed by atoms with Gasteiger partial charge in [0.1, 0.15) is 17.1 Å². The lowest BCUT2D eigenvalue weighted by molar-refractivity contribution is -0.137. The van der Waals surface area contributed by atoms with Crippen LogP contribution in [-0.4, -0.2) is 42.4 Å². The van der Waals surface area contributed by atoms with Crippen LogP contribution in [0.3, 0.4) is 0 Å². The molecule has 0 atom stereocenters. The molecule has 0 saturated heterocycles. The zero-order valence-corrected chi connectivity index (χ0v) is 18.0. The van der Waals surface area contributed by atoms with E-state index in [2.05, 4.69) is 5.32 Å². The smallest absolute Gasteiger partial charge is 0.342 e. The van der Waals surface area contributed by atoms with Crippen LogP contribution in [0.15, 0.2) is 22.6 Å². The van der Waals surface area contributed by atoms with Crippen LogP contribution >= 0.6 is 11.6 Å². The lowest BCUT2D eigenvalue weighted by Gasteiger charge is -2.20. The standard InChI is InChI=1S/C21H25ClN2O5/c1-6-24(10-18(25)23-17-9-16(22)8-7-12(17)2)19(26)11-28-21(27)20-13(3)14(4)29-15(20)5/h7-9H,6,10-11H2,1-5H3,(H,23,25). The third-order valence-electron chi connectivity index (χ3n) is 4.63. The van der Waals surface area contributed by atoms with Gasteiger partial charge in [-0.2, -0.15) is 0 Å². The van der Waals surface area contributed by atoms with Gasteiger partial charge in [-0.1, -0.05) is 17.7 Å². The van der Waals surface area contributed by atoms with Gasteiger partial charge in [0.05, 0.1) is 6.54 Å². The number of rotatable bonds is 7. The number of anilines is 1. The van der Waals surface area contributed by atoms with E-state index in [0.29, 0.717) is 39.9 Å². The van der Waals surface area contributed by atoms with Crippen LogP contribution < -0.4 is 5.32 Å². The maximum absolute atomic E-state index is 12.4. The molecule has 2 amide bonds. The molecular weight excluding hydrogens is 396 g/mol. The second-order valence-electron chi connectivity index (χ2n) is 6.71. The first-order chi connectivity index (χ1) is 13.6. The Kier molecular flexibility index (Phi) is 7.45. The van der Waals surface area contributed by atoms with Crippen molar-refractivity contribution in [1.82, 2.24) is 4.90 Å². The predicted octanol–water partition coefficient (Wildman–Crippen LogP) is 3.81. The van der Waals surface area contributed by atoms with Gasteiger partial charge in [0.25, 0.3) is 5.91 Å². The Hall–Kier alpha value is -2.80. The molecule has 29 heavy (non-hydrogen) atoms. The number of esters is 1.